The molecule has 0 bridgehead atoms. The van der Waals surface area contributed by atoms with Gasteiger partial charge in [-0.1, -0.05) is 0 Å². The molecule has 2 aliphatic rings. The molecule has 1 aromatic rings. The van der Waals surface area contributed by atoms with E-state index in [2.05, 4.69) is 9.97 Å². The summed E-state index contributed by atoms with van der Waals surface area (Å²) in [6, 6.07) is 1.87. The Morgan fingerprint density at radius 2 is 2.28 bits per heavy atom. The van der Waals surface area contributed by atoms with Crippen molar-refractivity contribution in [3.63, 3.8) is 0 Å². The zero-order chi connectivity index (χ0) is 17.6. The number of carbonyl (C=O) groups is 1. The second kappa shape index (κ2) is 8.58. The van der Waals surface area contributed by atoms with Gasteiger partial charge < -0.3 is 19.3 Å². The molecule has 0 saturated carbocycles. The summed E-state index contributed by atoms with van der Waals surface area (Å²) in [7, 11) is 3.82. The number of hydrogen-bond acceptors (Lipinski definition) is 6. The van der Waals surface area contributed by atoms with Crippen LogP contribution in [0.2, 0.25) is 0 Å². The molecule has 0 N–H and O–H groups in total. The number of ether oxygens (including phenoxy) is 2. The SMILES string of the molecule is CN(C)c1nccc([C@@H]2CN(C(=O)CC[C@H]3CCCOC3)CCO2)n1. The number of nitrogens with zero attached hydrogens (tertiary/aromatic N) is 4. The van der Waals surface area contributed by atoms with Crippen molar-refractivity contribution in [2.75, 3.05) is 51.9 Å². The van der Waals surface area contributed by atoms with Gasteiger partial charge in [0.1, 0.15) is 6.10 Å². The van der Waals surface area contributed by atoms with Crippen molar-refractivity contribution >= 4 is 11.9 Å². The van der Waals surface area contributed by atoms with Crippen molar-refractivity contribution in [2.45, 2.75) is 31.8 Å². The molecule has 1 amide bonds. The number of aromatic nitrogens is 2. The first kappa shape index (κ1) is 18.1. The third-order valence-corrected chi connectivity index (χ3v) is 4.83. The van der Waals surface area contributed by atoms with Crippen LogP contribution in [0.4, 0.5) is 5.95 Å². The van der Waals surface area contributed by atoms with Gasteiger partial charge in [-0.25, -0.2) is 9.97 Å². The molecule has 0 aliphatic carbocycles. The molecule has 3 heterocycles. The molecule has 2 saturated heterocycles. The third kappa shape index (κ3) is 4.89. The summed E-state index contributed by atoms with van der Waals surface area (Å²) < 4.78 is 11.4. The van der Waals surface area contributed by atoms with E-state index < -0.39 is 0 Å². The zero-order valence-electron chi connectivity index (χ0n) is 15.2. The summed E-state index contributed by atoms with van der Waals surface area (Å²) in [5, 5.41) is 0. The first-order chi connectivity index (χ1) is 12.1. The van der Waals surface area contributed by atoms with Crippen LogP contribution in [-0.4, -0.2) is 67.8 Å². The van der Waals surface area contributed by atoms with Crippen molar-refractivity contribution in [1.29, 1.82) is 0 Å². The van der Waals surface area contributed by atoms with Crippen LogP contribution in [0.3, 0.4) is 0 Å². The summed E-state index contributed by atoms with van der Waals surface area (Å²) in [6.07, 6.45) is 5.35. The Balaban J connectivity index is 1.55. The Hall–Kier alpha value is -1.73. The zero-order valence-corrected chi connectivity index (χ0v) is 15.2. The number of anilines is 1. The van der Waals surface area contributed by atoms with Gasteiger partial charge in [0.25, 0.3) is 0 Å². The fourth-order valence-electron chi connectivity index (χ4n) is 3.33. The highest BCUT2D eigenvalue weighted by Gasteiger charge is 2.27. The number of amides is 1. The van der Waals surface area contributed by atoms with Crippen molar-refractivity contribution in [2.24, 2.45) is 5.92 Å². The van der Waals surface area contributed by atoms with Gasteiger partial charge in [-0.15, -0.1) is 0 Å². The topological polar surface area (TPSA) is 67.8 Å². The van der Waals surface area contributed by atoms with Crippen LogP contribution in [0.1, 0.15) is 37.5 Å². The molecule has 0 spiro atoms. The molecule has 2 atom stereocenters. The first-order valence-electron chi connectivity index (χ1n) is 9.11. The summed E-state index contributed by atoms with van der Waals surface area (Å²) in [4.78, 5) is 25.1. The Morgan fingerprint density at radius 3 is 3.04 bits per heavy atom. The van der Waals surface area contributed by atoms with Crippen LogP contribution in [0.25, 0.3) is 0 Å². The van der Waals surface area contributed by atoms with E-state index in [0.717, 1.165) is 31.7 Å². The summed E-state index contributed by atoms with van der Waals surface area (Å²) in [5.74, 6) is 1.39. The van der Waals surface area contributed by atoms with Gasteiger partial charge in [-0.05, 0) is 31.2 Å². The lowest BCUT2D eigenvalue weighted by Crippen LogP contribution is -2.42. The lowest BCUT2D eigenvalue weighted by molar-refractivity contribution is -0.139. The largest absolute Gasteiger partial charge is 0.381 e. The highest BCUT2D eigenvalue weighted by atomic mass is 16.5. The maximum Gasteiger partial charge on any atom is 0.225 e. The fourth-order valence-corrected chi connectivity index (χ4v) is 3.33. The predicted molar refractivity (Wildman–Crippen MR) is 94.4 cm³/mol. The smallest absolute Gasteiger partial charge is 0.225 e. The average molecular weight is 348 g/mol. The minimum Gasteiger partial charge on any atom is -0.381 e. The minimum absolute atomic E-state index is 0.183. The van der Waals surface area contributed by atoms with Crippen LogP contribution in [0.15, 0.2) is 12.3 Å². The van der Waals surface area contributed by atoms with Crippen LogP contribution in [0, 0.1) is 5.92 Å². The van der Waals surface area contributed by atoms with E-state index in [9.17, 15) is 4.79 Å². The third-order valence-electron chi connectivity index (χ3n) is 4.83. The van der Waals surface area contributed by atoms with Gasteiger partial charge in [0, 0.05) is 46.5 Å². The quantitative estimate of drug-likeness (QED) is 0.806. The number of hydrogen-bond donors (Lipinski definition) is 0. The molecule has 2 fully saturated rings. The summed E-state index contributed by atoms with van der Waals surface area (Å²) >= 11 is 0. The maximum absolute atomic E-state index is 12.6. The van der Waals surface area contributed by atoms with Gasteiger partial charge in [-0.2, -0.15) is 0 Å². The number of carbonyl (C=O) groups excluding carboxylic acids is 1. The van der Waals surface area contributed by atoms with Gasteiger partial charge in [-0.3, -0.25) is 4.79 Å². The monoisotopic (exact) mass is 348 g/mol. The normalized spacial score (nSPS) is 24.2. The van der Waals surface area contributed by atoms with Crippen LogP contribution in [-0.2, 0) is 14.3 Å². The Kier molecular flexibility index (Phi) is 6.20. The molecule has 0 aromatic carbocycles. The van der Waals surface area contributed by atoms with E-state index >= 15 is 0 Å². The van der Waals surface area contributed by atoms with Crippen molar-refractivity contribution < 1.29 is 14.3 Å². The average Bonchev–Trinajstić information content (AvgIpc) is 2.67. The molecular weight excluding hydrogens is 320 g/mol. The number of morpholine rings is 1. The van der Waals surface area contributed by atoms with Gasteiger partial charge in [0.15, 0.2) is 0 Å². The van der Waals surface area contributed by atoms with E-state index in [1.54, 1.807) is 6.20 Å². The summed E-state index contributed by atoms with van der Waals surface area (Å²) in [5.41, 5.74) is 0.830. The lowest BCUT2D eigenvalue weighted by Gasteiger charge is -2.33. The molecule has 3 rings (SSSR count). The van der Waals surface area contributed by atoms with Crippen molar-refractivity contribution in [1.82, 2.24) is 14.9 Å². The van der Waals surface area contributed by atoms with Crippen molar-refractivity contribution in [3.05, 3.63) is 18.0 Å². The maximum atomic E-state index is 12.6. The lowest BCUT2D eigenvalue weighted by atomic mass is 9.96. The van der Waals surface area contributed by atoms with E-state index in [0.29, 0.717) is 38.0 Å². The molecule has 25 heavy (non-hydrogen) atoms. The van der Waals surface area contributed by atoms with Gasteiger partial charge in [0.05, 0.1) is 18.8 Å². The second-order valence-corrected chi connectivity index (χ2v) is 7.00. The van der Waals surface area contributed by atoms with Crippen molar-refractivity contribution in [3.8, 4) is 0 Å². The van der Waals surface area contributed by atoms with E-state index in [1.807, 2.05) is 30.0 Å². The molecule has 7 nitrogen and oxygen atoms in total. The van der Waals surface area contributed by atoms with E-state index in [4.69, 9.17) is 9.47 Å². The second-order valence-electron chi connectivity index (χ2n) is 7.00. The highest BCUT2D eigenvalue weighted by molar-refractivity contribution is 5.76. The fraction of sp³-hybridized carbons (Fsp3) is 0.722. The molecule has 1 aromatic heterocycles. The van der Waals surface area contributed by atoms with E-state index in [1.165, 1.54) is 6.42 Å². The standard InChI is InChI=1S/C18H28N4O3/c1-21(2)18-19-8-7-15(20-18)16-12-22(9-11-25-16)17(23)6-5-14-4-3-10-24-13-14/h7-8,14,16H,3-6,9-13H2,1-2H3/t14-,16+/m1/s1. The molecule has 138 valence electrons. The molecule has 2 aliphatic heterocycles. The Morgan fingerprint density at radius 1 is 1.40 bits per heavy atom. The van der Waals surface area contributed by atoms with Crippen LogP contribution in [0.5, 0.6) is 0 Å². The molecule has 0 unspecified atom stereocenters. The molecular formula is C18H28N4O3. The number of rotatable bonds is 5. The van der Waals surface area contributed by atoms with Crippen LogP contribution < -0.4 is 4.90 Å². The molecule has 0 radical (unpaired) electrons. The highest BCUT2D eigenvalue weighted by Crippen LogP contribution is 2.24. The summed E-state index contributed by atoms with van der Waals surface area (Å²) in [6.45, 7) is 3.42. The Bertz CT molecular complexity index is 575. The van der Waals surface area contributed by atoms with Gasteiger partial charge >= 0.3 is 0 Å². The molecule has 7 heteroatoms. The van der Waals surface area contributed by atoms with Gasteiger partial charge in [0.2, 0.25) is 11.9 Å². The predicted octanol–water partition coefficient (Wildman–Crippen LogP) is 1.65. The Labute approximate surface area is 149 Å². The minimum atomic E-state index is -0.183. The van der Waals surface area contributed by atoms with E-state index in [-0.39, 0.29) is 12.0 Å². The first-order valence-corrected chi connectivity index (χ1v) is 9.11. The van der Waals surface area contributed by atoms with Crippen LogP contribution >= 0.6 is 0 Å².